The van der Waals surface area contributed by atoms with Crippen LogP contribution in [-0.4, -0.2) is 41.5 Å². The number of nitrogens with zero attached hydrogens (tertiary/aromatic N) is 6. The van der Waals surface area contributed by atoms with Gasteiger partial charge >= 0.3 is 0 Å². The van der Waals surface area contributed by atoms with E-state index in [0.29, 0.717) is 6.54 Å². The summed E-state index contributed by atoms with van der Waals surface area (Å²) >= 11 is 0. The molecular weight excluding hydrogens is 282 g/mol. The van der Waals surface area contributed by atoms with E-state index in [0.717, 1.165) is 10.9 Å². The molecule has 1 aliphatic rings. The van der Waals surface area contributed by atoms with Gasteiger partial charge in [0, 0.05) is 13.0 Å². The number of alkyl halides is 1. The Bertz CT molecular complexity index is 639. The summed E-state index contributed by atoms with van der Waals surface area (Å²) in [4.78, 5) is 14.1. The highest BCUT2D eigenvalue weighted by molar-refractivity contribution is 5.27. The molecule has 0 saturated carbocycles. The average molecular weight is 294 g/mol. The minimum atomic E-state index is -1.66. The van der Waals surface area contributed by atoms with Crippen LogP contribution in [0.4, 0.5) is 8.78 Å². The lowest BCUT2D eigenvalue weighted by molar-refractivity contribution is -0.0797. The smallest absolute Gasteiger partial charge is 0.192 e. The van der Waals surface area contributed by atoms with E-state index in [2.05, 4.69) is 20.2 Å². The first kappa shape index (κ1) is 13.4. The standard InChI is InChI=1S/C12H12F2N6O/c13-10-1-2-12(11(14)5-10,21-20-9-16-7-18-20)3-4-19-8-15-6-17-19/h1-2,5-9,11H,3-4H2. The van der Waals surface area contributed by atoms with Crippen LogP contribution < -0.4 is 4.84 Å². The van der Waals surface area contributed by atoms with Crippen molar-refractivity contribution < 1.29 is 13.6 Å². The van der Waals surface area contributed by atoms with Crippen molar-refractivity contribution in [2.45, 2.75) is 24.7 Å². The quantitative estimate of drug-likeness (QED) is 0.819. The Labute approximate surface area is 118 Å². The van der Waals surface area contributed by atoms with Gasteiger partial charge in [0.1, 0.15) is 24.8 Å². The van der Waals surface area contributed by atoms with Crippen LogP contribution in [0.25, 0.3) is 0 Å². The molecule has 110 valence electrons. The topological polar surface area (TPSA) is 70.7 Å². The van der Waals surface area contributed by atoms with E-state index >= 15 is 0 Å². The maximum atomic E-state index is 14.4. The Balaban J connectivity index is 1.82. The van der Waals surface area contributed by atoms with Crippen molar-refractivity contribution in [3.05, 3.63) is 49.4 Å². The molecule has 7 nitrogen and oxygen atoms in total. The Morgan fingerprint density at radius 3 is 2.71 bits per heavy atom. The maximum absolute atomic E-state index is 14.4. The molecule has 2 unspecified atom stereocenters. The summed E-state index contributed by atoms with van der Waals surface area (Å²) in [7, 11) is 0. The van der Waals surface area contributed by atoms with Gasteiger partial charge in [-0.3, -0.25) is 4.68 Å². The van der Waals surface area contributed by atoms with E-state index in [1.165, 1.54) is 37.5 Å². The number of hydrogen-bond acceptors (Lipinski definition) is 5. The molecule has 2 aromatic heterocycles. The molecule has 2 heterocycles. The molecule has 1 aliphatic carbocycles. The Hall–Kier alpha value is -2.58. The van der Waals surface area contributed by atoms with Gasteiger partial charge in [0.15, 0.2) is 18.1 Å². The molecule has 21 heavy (non-hydrogen) atoms. The van der Waals surface area contributed by atoms with Gasteiger partial charge in [0.05, 0.1) is 0 Å². The molecule has 2 atom stereocenters. The largest absolute Gasteiger partial charge is 0.381 e. The van der Waals surface area contributed by atoms with Crippen molar-refractivity contribution in [1.29, 1.82) is 0 Å². The molecule has 0 bridgehead atoms. The highest BCUT2D eigenvalue weighted by Gasteiger charge is 2.42. The van der Waals surface area contributed by atoms with Crippen molar-refractivity contribution in [1.82, 2.24) is 29.7 Å². The number of rotatable bonds is 5. The van der Waals surface area contributed by atoms with Gasteiger partial charge in [-0.25, -0.2) is 18.7 Å². The Kier molecular flexibility index (Phi) is 3.46. The molecular formula is C12H12F2N6O. The van der Waals surface area contributed by atoms with Crippen LogP contribution in [0.3, 0.4) is 0 Å². The molecule has 0 saturated heterocycles. The third-order valence-electron chi connectivity index (χ3n) is 3.16. The predicted octanol–water partition coefficient (Wildman–Crippen LogP) is 0.889. The summed E-state index contributed by atoms with van der Waals surface area (Å²) in [5, 5.41) is 7.74. The van der Waals surface area contributed by atoms with Crippen molar-refractivity contribution >= 4 is 0 Å². The minimum Gasteiger partial charge on any atom is -0.381 e. The van der Waals surface area contributed by atoms with E-state index in [4.69, 9.17) is 4.84 Å². The first-order valence-electron chi connectivity index (χ1n) is 6.25. The fourth-order valence-electron chi connectivity index (χ4n) is 2.05. The van der Waals surface area contributed by atoms with Crippen molar-refractivity contribution in [2.24, 2.45) is 0 Å². The molecule has 0 radical (unpaired) electrons. The van der Waals surface area contributed by atoms with Gasteiger partial charge in [-0.2, -0.15) is 5.10 Å². The zero-order chi connectivity index (χ0) is 14.7. The van der Waals surface area contributed by atoms with E-state index in [1.54, 1.807) is 4.68 Å². The maximum Gasteiger partial charge on any atom is 0.192 e. The van der Waals surface area contributed by atoms with E-state index in [9.17, 15) is 8.78 Å². The van der Waals surface area contributed by atoms with Crippen LogP contribution in [0.2, 0.25) is 0 Å². The monoisotopic (exact) mass is 294 g/mol. The van der Waals surface area contributed by atoms with Crippen LogP contribution in [0.5, 0.6) is 0 Å². The third kappa shape index (κ3) is 2.81. The lowest BCUT2D eigenvalue weighted by atomic mass is 9.89. The van der Waals surface area contributed by atoms with Crippen LogP contribution >= 0.6 is 0 Å². The van der Waals surface area contributed by atoms with Crippen molar-refractivity contribution in [3.8, 4) is 0 Å². The first-order chi connectivity index (χ1) is 10.2. The first-order valence-corrected chi connectivity index (χ1v) is 6.25. The Morgan fingerprint density at radius 2 is 2.05 bits per heavy atom. The predicted molar refractivity (Wildman–Crippen MR) is 67.2 cm³/mol. The summed E-state index contributed by atoms with van der Waals surface area (Å²) < 4.78 is 29.1. The van der Waals surface area contributed by atoms with E-state index in [-0.39, 0.29) is 6.42 Å². The summed E-state index contributed by atoms with van der Waals surface area (Å²) in [6.07, 6.45) is 7.42. The number of aromatic nitrogens is 6. The second kappa shape index (κ2) is 5.43. The molecule has 2 aromatic rings. The summed E-state index contributed by atoms with van der Waals surface area (Å²) in [6, 6.07) is 0. The zero-order valence-corrected chi connectivity index (χ0v) is 10.9. The number of hydrogen-bond donors (Lipinski definition) is 0. The number of halogens is 2. The van der Waals surface area contributed by atoms with Gasteiger partial charge in [-0.1, -0.05) is 4.85 Å². The number of allylic oxidation sites excluding steroid dienone is 2. The zero-order valence-electron chi connectivity index (χ0n) is 10.9. The van der Waals surface area contributed by atoms with Crippen LogP contribution in [0.1, 0.15) is 6.42 Å². The third-order valence-corrected chi connectivity index (χ3v) is 3.16. The van der Waals surface area contributed by atoms with E-state index in [1.807, 2.05) is 0 Å². The van der Waals surface area contributed by atoms with Gasteiger partial charge in [0.25, 0.3) is 0 Å². The normalized spacial score (nSPS) is 24.9. The van der Waals surface area contributed by atoms with Crippen LogP contribution in [-0.2, 0) is 6.54 Å². The average Bonchev–Trinajstić information content (AvgIpc) is 3.14. The molecule has 9 heteroatoms. The van der Waals surface area contributed by atoms with Crippen LogP contribution in [0.15, 0.2) is 49.4 Å². The highest BCUT2D eigenvalue weighted by atomic mass is 19.1. The van der Waals surface area contributed by atoms with Gasteiger partial charge in [0.2, 0.25) is 0 Å². The molecule has 0 aliphatic heterocycles. The lowest BCUT2D eigenvalue weighted by Crippen LogP contribution is -2.49. The lowest BCUT2D eigenvalue weighted by Gasteiger charge is -2.33. The fourth-order valence-corrected chi connectivity index (χ4v) is 2.05. The molecule has 0 amide bonds. The van der Waals surface area contributed by atoms with Gasteiger partial charge in [-0.05, 0) is 18.2 Å². The van der Waals surface area contributed by atoms with Crippen molar-refractivity contribution in [2.75, 3.05) is 0 Å². The molecule has 0 spiro atoms. The molecule has 0 aromatic carbocycles. The van der Waals surface area contributed by atoms with Crippen LogP contribution in [0, 0.1) is 0 Å². The second-order valence-electron chi connectivity index (χ2n) is 4.54. The Morgan fingerprint density at radius 1 is 1.24 bits per heavy atom. The van der Waals surface area contributed by atoms with Gasteiger partial charge < -0.3 is 4.84 Å². The highest BCUT2D eigenvalue weighted by Crippen LogP contribution is 2.30. The molecule has 0 fully saturated rings. The summed E-state index contributed by atoms with van der Waals surface area (Å²) in [5.41, 5.74) is -1.38. The number of aryl methyl sites for hydroxylation is 1. The van der Waals surface area contributed by atoms with Gasteiger partial charge in [-0.15, -0.1) is 5.10 Å². The molecule has 3 rings (SSSR count). The van der Waals surface area contributed by atoms with E-state index < -0.39 is 17.6 Å². The minimum absolute atomic E-state index is 0.220. The summed E-state index contributed by atoms with van der Waals surface area (Å²) in [5.74, 6) is -0.638. The van der Waals surface area contributed by atoms with Crippen molar-refractivity contribution in [3.63, 3.8) is 0 Å². The molecule has 0 N–H and O–H groups in total. The fraction of sp³-hybridized carbons (Fsp3) is 0.333. The second-order valence-corrected chi connectivity index (χ2v) is 4.54. The summed E-state index contributed by atoms with van der Waals surface area (Å²) in [6.45, 7) is 0.356. The SMILES string of the molecule is FC1=CC(F)C(CCn2cncn2)(On2cncn2)C=C1.